The summed E-state index contributed by atoms with van der Waals surface area (Å²) in [5.41, 5.74) is 1.89. The van der Waals surface area contributed by atoms with Gasteiger partial charge in [-0.3, -0.25) is 0 Å². The minimum atomic E-state index is 0.274. The van der Waals surface area contributed by atoms with Crippen molar-refractivity contribution in [3.05, 3.63) is 21.4 Å². The van der Waals surface area contributed by atoms with Gasteiger partial charge in [-0.2, -0.15) is 0 Å². The third kappa shape index (κ3) is 2.48. The van der Waals surface area contributed by atoms with Crippen LogP contribution in [0.2, 0.25) is 0 Å². The van der Waals surface area contributed by atoms with Crippen LogP contribution in [0.1, 0.15) is 48.9 Å². The maximum Gasteiger partial charge on any atom is 0.0655 e. The molecule has 1 heterocycles. The first-order chi connectivity index (χ1) is 9.11. The number of hydrogen-bond donors (Lipinski definition) is 1. The van der Waals surface area contributed by atoms with Crippen LogP contribution in [-0.2, 0) is 24.1 Å². The van der Waals surface area contributed by atoms with Gasteiger partial charge in [-0.15, -0.1) is 11.3 Å². The maximum absolute atomic E-state index is 5.79. The molecule has 106 valence electrons. The molecule has 2 unspecified atom stereocenters. The molecule has 0 aliphatic heterocycles. The van der Waals surface area contributed by atoms with E-state index in [9.17, 15) is 0 Å². The average Bonchev–Trinajstić information content (AvgIpc) is 2.93. The first-order valence-electron chi connectivity index (χ1n) is 7.56. The Hall–Kier alpha value is -0.380. The quantitative estimate of drug-likeness (QED) is 0.890. The van der Waals surface area contributed by atoms with E-state index >= 15 is 0 Å². The number of hydrogen-bond acceptors (Lipinski definition) is 3. The van der Waals surface area contributed by atoms with Crippen LogP contribution in [0.3, 0.4) is 0 Å². The molecule has 0 saturated heterocycles. The average molecular weight is 279 g/mol. The molecule has 0 amide bonds. The molecule has 3 heteroatoms. The fourth-order valence-corrected chi connectivity index (χ4v) is 4.63. The molecule has 3 rings (SSSR count). The molecular weight excluding hydrogens is 254 g/mol. The van der Waals surface area contributed by atoms with Crippen molar-refractivity contribution in [2.24, 2.45) is 5.41 Å². The molecule has 1 fully saturated rings. The van der Waals surface area contributed by atoms with Gasteiger partial charge in [-0.05, 0) is 44.2 Å². The lowest BCUT2D eigenvalue weighted by atomic mass is 9.64. The van der Waals surface area contributed by atoms with Gasteiger partial charge in [0.25, 0.3) is 0 Å². The Bertz CT molecular complexity index is 430. The number of thiophene rings is 1. The summed E-state index contributed by atoms with van der Waals surface area (Å²) in [4.78, 5) is 3.15. The number of rotatable bonds is 5. The van der Waals surface area contributed by atoms with Crippen LogP contribution in [0, 0.1) is 5.41 Å². The summed E-state index contributed by atoms with van der Waals surface area (Å²) in [6.07, 6.45) is 5.56. The lowest BCUT2D eigenvalue weighted by Gasteiger charge is -2.51. The normalized spacial score (nSPS) is 28.2. The molecule has 0 radical (unpaired) electrons. The van der Waals surface area contributed by atoms with Crippen molar-refractivity contribution in [2.45, 2.75) is 65.1 Å². The van der Waals surface area contributed by atoms with Gasteiger partial charge < -0.3 is 10.1 Å². The zero-order chi connectivity index (χ0) is 13.5. The molecule has 1 saturated carbocycles. The van der Waals surface area contributed by atoms with Crippen molar-refractivity contribution >= 4 is 11.3 Å². The Morgan fingerprint density at radius 3 is 2.95 bits per heavy atom. The molecule has 2 aliphatic carbocycles. The van der Waals surface area contributed by atoms with E-state index < -0.39 is 0 Å². The van der Waals surface area contributed by atoms with E-state index in [1.54, 1.807) is 10.4 Å². The van der Waals surface area contributed by atoms with E-state index in [0.29, 0.717) is 12.1 Å². The Labute approximate surface area is 120 Å². The van der Waals surface area contributed by atoms with Crippen molar-refractivity contribution in [3.8, 4) is 0 Å². The van der Waals surface area contributed by atoms with Crippen LogP contribution < -0.4 is 5.32 Å². The van der Waals surface area contributed by atoms with E-state index in [2.05, 4.69) is 32.2 Å². The predicted molar refractivity (Wildman–Crippen MR) is 80.8 cm³/mol. The molecular formula is C16H25NOS. The minimum absolute atomic E-state index is 0.274. The molecule has 0 aromatic carbocycles. The second-order valence-corrected chi connectivity index (χ2v) is 7.67. The highest BCUT2D eigenvalue weighted by atomic mass is 32.1. The molecule has 0 spiro atoms. The second kappa shape index (κ2) is 5.19. The second-order valence-electron chi connectivity index (χ2n) is 6.45. The molecule has 1 N–H and O–H groups in total. The monoisotopic (exact) mass is 279 g/mol. The maximum atomic E-state index is 5.79. The predicted octanol–water partition coefficient (Wildman–Crippen LogP) is 3.53. The van der Waals surface area contributed by atoms with Crippen LogP contribution >= 0.6 is 11.3 Å². The molecule has 2 nitrogen and oxygen atoms in total. The summed E-state index contributed by atoms with van der Waals surface area (Å²) in [5.74, 6) is 0. The van der Waals surface area contributed by atoms with Crippen molar-refractivity contribution in [1.29, 1.82) is 0 Å². The number of ether oxygens (including phenoxy) is 1. The van der Waals surface area contributed by atoms with Gasteiger partial charge in [-0.1, -0.05) is 13.8 Å². The van der Waals surface area contributed by atoms with E-state index in [4.69, 9.17) is 4.74 Å². The van der Waals surface area contributed by atoms with Gasteiger partial charge in [0.15, 0.2) is 0 Å². The topological polar surface area (TPSA) is 21.3 Å². The summed E-state index contributed by atoms with van der Waals surface area (Å²) in [6.45, 7) is 8.60. The van der Waals surface area contributed by atoms with Gasteiger partial charge in [0, 0.05) is 34.4 Å². The third-order valence-corrected chi connectivity index (χ3v) is 6.10. The van der Waals surface area contributed by atoms with E-state index in [-0.39, 0.29) is 5.41 Å². The van der Waals surface area contributed by atoms with Crippen LogP contribution in [-0.4, -0.2) is 18.8 Å². The summed E-state index contributed by atoms with van der Waals surface area (Å²) in [7, 11) is 0. The smallest absolute Gasteiger partial charge is 0.0655 e. The van der Waals surface area contributed by atoms with Crippen LogP contribution in [0.5, 0.6) is 0 Å². The number of aryl methyl sites for hydroxylation is 2. The summed E-state index contributed by atoms with van der Waals surface area (Å²) >= 11 is 2.02. The highest BCUT2D eigenvalue weighted by Crippen LogP contribution is 2.43. The van der Waals surface area contributed by atoms with Crippen LogP contribution in [0.25, 0.3) is 0 Å². The lowest BCUT2D eigenvalue weighted by Crippen LogP contribution is -2.60. The van der Waals surface area contributed by atoms with Crippen molar-refractivity contribution < 1.29 is 4.74 Å². The Morgan fingerprint density at radius 2 is 2.26 bits per heavy atom. The summed E-state index contributed by atoms with van der Waals surface area (Å²) in [6, 6.07) is 3.02. The zero-order valence-corrected chi connectivity index (χ0v) is 13.1. The first-order valence-corrected chi connectivity index (χ1v) is 8.38. The molecule has 2 aliphatic rings. The largest absolute Gasteiger partial charge is 0.378 e. The van der Waals surface area contributed by atoms with E-state index in [1.807, 2.05) is 11.3 Å². The molecule has 1 aromatic rings. The lowest BCUT2D eigenvalue weighted by molar-refractivity contribution is -0.114. The van der Waals surface area contributed by atoms with Gasteiger partial charge in [-0.25, -0.2) is 0 Å². The zero-order valence-electron chi connectivity index (χ0n) is 12.3. The van der Waals surface area contributed by atoms with E-state index in [0.717, 1.165) is 19.6 Å². The van der Waals surface area contributed by atoms with Crippen LogP contribution in [0.15, 0.2) is 6.07 Å². The van der Waals surface area contributed by atoms with Crippen molar-refractivity contribution in [3.63, 3.8) is 0 Å². The van der Waals surface area contributed by atoms with Gasteiger partial charge in [0.1, 0.15) is 0 Å². The Balaban J connectivity index is 1.53. The van der Waals surface area contributed by atoms with Gasteiger partial charge in [0.05, 0.1) is 6.10 Å². The van der Waals surface area contributed by atoms with E-state index in [1.165, 1.54) is 24.1 Å². The molecule has 19 heavy (non-hydrogen) atoms. The highest BCUT2D eigenvalue weighted by molar-refractivity contribution is 7.12. The standard InChI is InChI=1S/C16H25NOS/c1-4-18-15-9-14(16(15,2)3)17-10-12-8-11-6-5-7-13(11)19-12/h8,14-15,17H,4-7,9-10H2,1-3H3. The van der Waals surface area contributed by atoms with Crippen molar-refractivity contribution in [2.75, 3.05) is 6.61 Å². The number of fused-ring (bicyclic) bond motifs is 1. The first kappa shape index (κ1) is 13.6. The third-order valence-electron chi connectivity index (χ3n) is 4.87. The molecule has 1 aromatic heterocycles. The Morgan fingerprint density at radius 1 is 1.42 bits per heavy atom. The summed E-state index contributed by atoms with van der Waals surface area (Å²) in [5, 5.41) is 3.73. The van der Waals surface area contributed by atoms with Crippen molar-refractivity contribution in [1.82, 2.24) is 5.32 Å². The fourth-order valence-electron chi connectivity index (χ4n) is 3.42. The number of nitrogens with one attached hydrogen (secondary N) is 1. The van der Waals surface area contributed by atoms with Gasteiger partial charge >= 0.3 is 0 Å². The van der Waals surface area contributed by atoms with Crippen LogP contribution in [0.4, 0.5) is 0 Å². The SMILES string of the molecule is CCOC1CC(NCc2cc3c(s2)CCC3)C1(C)C. The molecule has 0 bridgehead atoms. The fraction of sp³-hybridized carbons (Fsp3) is 0.750. The minimum Gasteiger partial charge on any atom is -0.378 e. The highest BCUT2D eigenvalue weighted by Gasteiger charge is 2.48. The molecule has 2 atom stereocenters. The van der Waals surface area contributed by atoms with Gasteiger partial charge in [0.2, 0.25) is 0 Å². The Kier molecular flexibility index (Phi) is 3.71. The summed E-state index contributed by atoms with van der Waals surface area (Å²) < 4.78 is 5.79.